The van der Waals surface area contributed by atoms with Crippen LogP contribution in [-0.4, -0.2) is 53.4 Å². The van der Waals surface area contributed by atoms with Crippen LogP contribution < -0.4 is 10.2 Å². The lowest BCUT2D eigenvalue weighted by Gasteiger charge is -2.46. The van der Waals surface area contributed by atoms with Gasteiger partial charge in [0.25, 0.3) is 0 Å². The molecule has 1 aromatic heterocycles. The third-order valence-corrected chi connectivity index (χ3v) is 5.82. The third kappa shape index (κ3) is 3.34. The van der Waals surface area contributed by atoms with Gasteiger partial charge in [-0.15, -0.1) is 0 Å². The molecule has 0 bridgehead atoms. The molecule has 3 atom stereocenters. The number of amides is 2. The molecule has 1 N–H and O–H groups in total. The number of nitrogens with one attached hydrogen (secondary N) is 1. The monoisotopic (exact) mass is 342 g/mol. The van der Waals surface area contributed by atoms with Crippen LogP contribution in [0.5, 0.6) is 0 Å². The van der Waals surface area contributed by atoms with E-state index in [-0.39, 0.29) is 36.4 Å². The lowest BCUT2D eigenvalue weighted by molar-refractivity contribution is -0.147. The summed E-state index contributed by atoms with van der Waals surface area (Å²) in [7, 11) is 0. The summed E-state index contributed by atoms with van der Waals surface area (Å²) in [6, 6.07) is 6.22. The van der Waals surface area contributed by atoms with Crippen molar-refractivity contribution >= 4 is 17.6 Å². The third-order valence-electron chi connectivity index (χ3n) is 5.82. The maximum absolute atomic E-state index is 13.2. The number of hydrogen-bond donors (Lipinski definition) is 1. The fourth-order valence-corrected chi connectivity index (χ4v) is 4.58. The van der Waals surface area contributed by atoms with Crippen molar-refractivity contribution < 1.29 is 9.59 Å². The summed E-state index contributed by atoms with van der Waals surface area (Å²) in [4.78, 5) is 33.8. The second-order valence-electron chi connectivity index (χ2n) is 7.47. The Kier molecular flexibility index (Phi) is 4.59. The van der Waals surface area contributed by atoms with E-state index in [1.54, 1.807) is 6.20 Å². The van der Waals surface area contributed by atoms with Crippen molar-refractivity contribution in [2.24, 2.45) is 5.92 Å². The van der Waals surface area contributed by atoms with Gasteiger partial charge in [-0.25, -0.2) is 4.98 Å². The van der Waals surface area contributed by atoms with Gasteiger partial charge in [0, 0.05) is 25.3 Å². The molecule has 0 radical (unpaired) electrons. The molecule has 2 amide bonds. The maximum Gasteiger partial charge on any atom is 0.239 e. The van der Waals surface area contributed by atoms with Crippen molar-refractivity contribution in [1.29, 1.82) is 0 Å². The van der Waals surface area contributed by atoms with Crippen LogP contribution in [0.4, 0.5) is 5.82 Å². The van der Waals surface area contributed by atoms with Crippen LogP contribution in [0, 0.1) is 5.92 Å². The average molecular weight is 342 g/mol. The standard InChI is InChI=1S/C19H26N4O2/c24-18-13-23(16-8-2-1-7-15(16)21-18)19(25)14-6-5-11-22(12-14)17-9-3-4-10-20-17/h3-4,9-10,14-16H,1-2,5-8,11-13H2,(H,21,24)/t14-,15-,16+/m1/s1. The molecule has 4 rings (SSSR count). The molecule has 0 unspecified atom stereocenters. The van der Waals surface area contributed by atoms with Crippen molar-refractivity contribution in [3.8, 4) is 0 Å². The number of carbonyl (C=O) groups is 2. The Labute approximate surface area is 148 Å². The van der Waals surface area contributed by atoms with Gasteiger partial charge in [0.05, 0.1) is 18.5 Å². The molecule has 0 aromatic carbocycles. The molecule has 1 aromatic rings. The molecule has 0 spiro atoms. The number of piperazine rings is 1. The number of nitrogens with zero attached hydrogens (tertiary/aromatic N) is 3. The minimum Gasteiger partial charge on any atom is -0.356 e. The highest BCUT2D eigenvalue weighted by molar-refractivity contribution is 5.88. The summed E-state index contributed by atoms with van der Waals surface area (Å²) >= 11 is 0. The molecule has 6 heteroatoms. The van der Waals surface area contributed by atoms with Crippen LogP contribution in [-0.2, 0) is 9.59 Å². The lowest BCUT2D eigenvalue weighted by Crippen LogP contribution is -2.64. The van der Waals surface area contributed by atoms with Gasteiger partial charge in [-0.1, -0.05) is 18.9 Å². The van der Waals surface area contributed by atoms with E-state index in [4.69, 9.17) is 0 Å². The largest absolute Gasteiger partial charge is 0.356 e. The van der Waals surface area contributed by atoms with Gasteiger partial charge < -0.3 is 15.1 Å². The number of piperidine rings is 1. The van der Waals surface area contributed by atoms with Gasteiger partial charge >= 0.3 is 0 Å². The van der Waals surface area contributed by atoms with E-state index >= 15 is 0 Å². The summed E-state index contributed by atoms with van der Waals surface area (Å²) in [5.74, 6) is 1.05. The van der Waals surface area contributed by atoms with Crippen molar-refractivity contribution in [3.05, 3.63) is 24.4 Å². The highest BCUT2D eigenvalue weighted by atomic mass is 16.2. The predicted octanol–water partition coefficient (Wildman–Crippen LogP) is 1.57. The Morgan fingerprint density at radius 1 is 1.16 bits per heavy atom. The summed E-state index contributed by atoms with van der Waals surface area (Å²) in [6.07, 6.45) is 7.96. The molecule has 3 heterocycles. The summed E-state index contributed by atoms with van der Waals surface area (Å²) in [5, 5.41) is 3.09. The first-order valence-electron chi connectivity index (χ1n) is 9.48. The molecule has 1 aliphatic carbocycles. The van der Waals surface area contributed by atoms with E-state index in [9.17, 15) is 9.59 Å². The SMILES string of the molecule is O=C1CN(C(=O)[C@@H]2CCCN(c3ccccn3)C2)[C@H]2CCCC[C@H]2N1. The molecule has 3 fully saturated rings. The first-order chi connectivity index (χ1) is 12.2. The van der Waals surface area contributed by atoms with Crippen LogP contribution in [0.1, 0.15) is 38.5 Å². The summed E-state index contributed by atoms with van der Waals surface area (Å²) in [6.45, 7) is 1.86. The van der Waals surface area contributed by atoms with Crippen LogP contribution in [0.3, 0.4) is 0 Å². The van der Waals surface area contributed by atoms with E-state index < -0.39 is 0 Å². The van der Waals surface area contributed by atoms with E-state index in [2.05, 4.69) is 15.2 Å². The zero-order valence-electron chi connectivity index (χ0n) is 14.6. The minimum absolute atomic E-state index is 0.00566. The summed E-state index contributed by atoms with van der Waals surface area (Å²) < 4.78 is 0. The van der Waals surface area contributed by atoms with Gasteiger partial charge in [-0.05, 0) is 37.8 Å². The summed E-state index contributed by atoms with van der Waals surface area (Å²) in [5.41, 5.74) is 0. The molecule has 134 valence electrons. The van der Waals surface area contributed by atoms with Gasteiger partial charge in [0.2, 0.25) is 11.8 Å². The van der Waals surface area contributed by atoms with E-state index in [0.29, 0.717) is 6.54 Å². The van der Waals surface area contributed by atoms with Crippen LogP contribution in [0.25, 0.3) is 0 Å². The second-order valence-corrected chi connectivity index (χ2v) is 7.47. The molecule has 6 nitrogen and oxygen atoms in total. The zero-order valence-corrected chi connectivity index (χ0v) is 14.6. The number of pyridine rings is 1. The van der Waals surface area contributed by atoms with Crippen LogP contribution >= 0.6 is 0 Å². The van der Waals surface area contributed by atoms with Gasteiger partial charge in [0.15, 0.2) is 0 Å². The Bertz CT molecular complexity index is 636. The average Bonchev–Trinajstić information content (AvgIpc) is 2.67. The molecular formula is C19H26N4O2. The fourth-order valence-electron chi connectivity index (χ4n) is 4.58. The Morgan fingerprint density at radius 3 is 2.88 bits per heavy atom. The molecule has 2 saturated heterocycles. The quantitative estimate of drug-likeness (QED) is 0.886. The maximum atomic E-state index is 13.2. The van der Waals surface area contributed by atoms with E-state index in [1.165, 1.54) is 0 Å². The lowest BCUT2D eigenvalue weighted by atomic mass is 9.86. The van der Waals surface area contributed by atoms with Crippen molar-refractivity contribution in [2.75, 3.05) is 24.5 Å². The first-order valence-corrected chi connectivity index (χ1v) is 9.48. The van der Waals surface area contributed by atoms with Gasteiger partial charge in [-0.3, -0.25) is 9.59 Å². The van der Waals surface area contributed by atoms with Crippen molar-refractivity contribution in [3.63, 3.8) is 0 Å². The van der Waals surface area contributed by atoms with E-state index in [1.807, 2.05) is 23.1 Å². The Morgan fingerprint density at radius 2 is 2.04 bits per heavy atom. The smallest absolute Gasteiger partial charge is 0.239 e. The first kappa shape index (κ1) is 16.4. The predicted molar refractivity (Wildman–Crippen MR) is 95.1 cm³/mol. The highest BCUT2D eigenvalue weighted by Gasteiger charge is 2.41. The highest BCUT2D eigenvalue weighted by Crippen LogP contribution is 2.29. The topological polar surface area (TPSA) is 65.5 Å². The zero-order chi connectivity index (χ0) is 17.2. The number of fused-ring (bicyclic) bond motifs is 1. The molecule has 2 aliphatic heterocycles. The van der Waals surface area contributed by atoms with Crippen molar-refractivity contribution in [2.45, 2.75) is 50.6 Å². The van der Waals surface area contributed by atoms with Crippen LogP contribution in [0.15, 0.2) is 24.4 Å². The minimum atomic E-state index is -0.0377. The molecule has 1 saturated carbocycles. The van der Waals surface area contributed by atoms with E-state index in [0.717, 1.165) is 50.9 Å². The molecule has 3 aliphatic rings. The fraction of sp³-hybridized carbons (Fsp3) is 0.632. The molecular weight excluding hydrogens is 316 g/mol. The number of aromatic nitrogens is 1. The van der Waals surface area contributed by atoms with Crippen molar-refractivity contribution in [1.82, 2.24) is 15.2 Å². The number of hydrogen-bond acceptors (Lipinski definition) is 4. The Hall–Kier alpha value is -2.11. The van der Waals surface area contributed by atoms with Gasteiger partial charge in [-0.2, -0.15) is 0 Å². The second kappa shape index (κ2) is 7.02. The molecule has 25 heavy (non-hydrogen) atoms. The van der Waals surface area contributed by atoms with Crippen LogP contribution in [0.2, 0.25) is 0 Å². The van der Waals surface area contributed by atoms with Gasteiger partial charge in [0.1, 0.15) is 5.82 Å². The normalized spacial score (nSPS) is 29.8. The number of anilines is 1. The number of carbonyl (C=O) groups excluding carboxylic acids is 2. The number of rotatable bonds is 2. The Balaban J connectivity index is 1.48.